The first-order valence-electron chi connectivity index (χ1n) is 26.2. The summed E-state index contributed by atoms with van der Waals surface area (Å²) in [5.74, 6) is -0.960. The van der Waals surface area contributed by atoms with E-state index in [4.69, 9.17) is 28.4 Å². The molecule has 2 saturated heterocycles. The molecule has 0 aromatic heterocycles. The van der Waals surface area contributed by atoms with Crippen molar-refractivity contribution in [3.05, 3.63) is 48.6 Å². The second-order valence-electron chi connectivity index (χ2n) is 18.3. The van der Waals surface area contributed by atoms with E-state index in [0.29, 0.717) is 12.8 Å². The summed E-state index contributed by atoms with van der Waals surface area (Å²) in [6, 6.07) is 0. The van der Waals surface area contributed by atoms with Gasteiger partial charge >= 0.3 is 11.9 Å². The van der Waals surface area contributed by atoms with E-state index in [1.54, 1.807) is 0 Å². The minimum atomic E-state index is -1.77. The minimum Gasteiger partial charge on any atom is -0.462 e. The number of rotatable bonds is 40. The molecule has 11 atom stereocenters. The Labute approximate surface area is 408 Å². The molecule has 0 bridgehead atoms. The zero-order chi connectivity index (χ0) is 49.6. The topological polar surface area (TPSA) is 231 Å². The van der Waals surface area contributed by atoms with Crippen molar-refractivity contribution in [3.8, 4) is 0 Å². The molecule has 2 aliphatic heterocycles. The van der Waals surface area contributed by atoms with Crippen molar-refractivity contribution < 1.29 is 73.8 Å². The number of aliphatic hydroxyl groups excluding tert-OH is 7. The molecule has 394 valence electrons. The SMILES string of the molecule is CCCCC/C=C/C/C=C/C/C=C/CCCCCCC(=O)O[C@H](COC(=O)CCCCCCC/C=C/CCCCCCCC)CO[C@H]1O[C@@H](CO[C@H]2O[C@@H](CO)[C@@H](O)C(O)C2O)[C@@H](O)C(O)C1O. The van der Waals surface area contributed by atoms with Gasteiger partial charge in [-0.1, -0.05) is 140 Å². The van der Waals surface area contributed by atoms with Gasteiger partial charge in [0, 0.05) is 12.8 Å². The van der Waals surface area contributed by atoms with Crippen molar-refractivity contribution >= 4 is 11.9 Å². The van der Waals surface area contributed by atoms with Gasteiger partial charge in [-0.3, -0.25) is 9.59 Å². The molecule has 0 amide bonds. The number of aliphatic hydroxyl groups is 7. The van der Waals surface area contributed by atoms with Crippen LogP contribution in [0.5, 0.6) is 0 Å². The molecule has 0 saturated carbocycles. The van der Waals surface area contributed by atoms with Crippen molar-refractivity contribution in [2.75, 3.05) is 26.4 Å². The lowest BCUT2D eigenvalue weighted by molar-refractivity contribution is -0.332. The summed E-state index contributed by atoms with van der Waals surface area (Å²) in [5, 5.41) is 72.1. The maximum absolute atomic E-state index is 13.0. The third kappa shape index (κ3) is 27.7. The molecule has 2 heterocycles. The van der Waals surface area contributed by atoms with Crippen molar-refractivity contribution in [3.63, 3.8) is 0 Å². The van der Waals surface area contributed by atoms with E-state index in [9.17, 15) is 45.3 Å². The van der Waals surface area contributed by atoms with Crippen LogP contribution in [0.15, 0.2) is 48.6 Å². The monoisotopic (exact) mass is 969 g/mol. The van der Waals surface area contributed by atoms with Gasteiger partial charge in [0.1, 0.15) is 55.4 Å². The summed E-state index contributed by atoms with van der Waals surface area (Å²) in [6.07, 6.45) is 27.0. The highest BCUT2D eigenvalue weighted by Gasteiger charge is 2.47. The van der Waals surface area contributed by atoms with Crippen molar-refractivity contribution in [1.29, 1.82) is 0 Å². The Hall–Kier alpha value is -2.54. The Morgan fingerprint density at radius 3 is 1.43 bits per heavy atom. The standard InChI is InChI=1S/C53H92O15/c1-3-5-7-9-11-13-15-17-19-20-22-24-26-28-30-32-34-36-45(56)66-41(38-63-44(55)35-33-31-29-27-25-23-21-18-16-14-12-10-8-6-4-2)39-64-52-51(62)49(60)47(58)43(68-52)40-65-53-50(61)48(59)46(57)42(37-54)67-53/h11,13,17-19,21-22,24,41-43,46-54,57-62H,3-10,12,14-16,20,23,25-40H2,1-2H3/b13-11+,19-17+,21-18+,24-22+/t41-,42+,43+,46-,47-,48?,49?,50?,51?,52+,53+/m1/s1. The van der Waals surface area contributed by atoms with E-state index in [1.165, 1.54) is 57.8 Å². The Morgan fingerprint density at radius 1 is 0.471 bits per heavy atom. The normalized spacial score (nSPS) is 26.1. The van der Waals surface area contributed by atoms with E-state index in [2.05, 4.69) is 62.5 Å². The molecule has 15 nitrogen and oxygen atoms in total. The Morgan fingerprint density at radius 2 is 0.882 bits per heavy atom. The van der Waals surface area contributed by atoms with Gasteiger partial charge in [0.2, 0.25) is 0 Å². The average Bonchev–Trinajstić information content (AvgIpc) is 3.33. The molecular weight excluding hydrogens is 877 g/mol. The highest BCUT2D eigenvalue weighted by Crippen LogP contribution is 2.26. The summed E-state index contributed by atoms with van der Waals surface area (Å²) >= 11 is 0. The zero-order valence-electron chi connectivity index (χ0n) is 41.6. The average molecular weight is 969 g/mol. The summed E-state index contributed by atoms with van der Waals surface area (Å²) in [6.45, 7) is 2.52. The summed E-state index contributed by atoms with van der Waals surface area (Å²) < 4.78 is 33.6. The second-order valence-corrected chi connectivity index (χ2v) is 18.3. The van der Waals surface area contributed by atoms with Gasteiger partial charge in [-0.05, 0) is 77.0 Å². The van der Waals surface area contributed by atoms with E-state index in [0.717, 1.165) is 83.5 Å². The third-order valence-corrected chi connectivity index (χ3v) is 12.3. The van der Waals surface area contributed by atoms with Crippen LogP contribution < -0.4 is 0 Å². The molecule has 0 radical (unpaired) electrons. The van der Waals surface area contributed by atoms with Gasteiger partial charge in [0.15, 0.2) is 18.7 Å². The van der Waals surface area contributed by atoms with Crippen LogP contribution in [0.25, 0.3) is 0 Å². The molecule has 0 aromatic carbocycles. The van der Waals surface area contributed by atoms with Crippen LogP contribution in [0.2, 0.25) is 0 Å². The lowest BCUT2D eigenvalue weighted by Gasteiger charge is -2.42. The molecule has 7 N–H and O–H groups in total. The Balaban J connectivity index is 1.82. The zero-order valence-corrected chi connectivity index (χ0v) is 41.6. The lowest BCUT2D eigenvalue weighted by Crippen LogP contribution is -2.61. The van der Waals surface area contributed by atoms with Crippen LogP contribution in [0.3, 0.4) is 0 Å². The Kier molecular flexibility index (Phi) is 36.3. The van der Waals surface area contributed by atoms with Crippen molar-refractivity contribution in [2.24, 2.45) is 0 Å². The molecule has 4 unspecified atom stereocenters. The minimum absolute atomic E-state index is 0.137. The lowest BCUT2D eigenvalue weighted by atomic mass is 9.98. The summed E-state index contributed by atoms with van der Waals surface area (Å²) in [4.78, 5) is 25.8. The smallest absolute Gasteiger partial charge is 0.306 e. The third-order valence-electron chi connectivity index (χ3n) is 12.3. The highest BCUT2D eigenvalue weighted by atomic mass is 16.7. The first-order valence-corrected chi connectivity index (χ1v) is 26.2. The number of allylic oxidation sites excluding steroid dienone is 8. The summed E-state index contributed by atoms with van der Waals surface area (Å²) in [7, 11) is 0. The molecule has 2 fully saturated rings. The van der Waals surface area contributed by atoms with Crippen LogP contribution in [-0.4, -0.2) is 142 Å². The summed E-state index contributed by atoms with van der Waals surface area (Å²) in [5.41, 5.74) is 0. The fourth-order valence-electron chi connectivity index (χ4n) is 7.92. The van der Waals surface area contributed by atoms with Crippen LogP contribution in [0.4, 0.5) is 0 Å². The fraction of sp³-hybridized carbons (Fsp3) is 0.811. The molecule has 0 aromatic rings. The van der Waals surface area contributed by atoms with Crippen LogP contribution in [-0.2, 0) is 38.0 Å². The molecule has 15 heteroatoms. The predicted octanol–water partition coefficient (Wildman–Crippen LogP) is 7.49. The maximum Gasteiger partial charge on any atom is 0.306 e. The molecule has 0 aliphatic carbocycles. The number of unbranched alkanes of at least 4 members (excludes halogenated alkanes) is 18. The molecular formula is C53H92O15. The van der Waals surface area contributed by atoms with E-state index >= 15 is 0 Å². The van der Waals surface area contributed by atoms with Crippen LogP contribution in [0, 0.1) is 0 Å². The molecule has 2 aliphatic rings. The number of hydrogen-bond acceptors (Lipinski definition) is 15. The van der Waals surface area contributed by atoms with Gasteiger partial charge in [0.05, 0.1) is 19.8 Å². The number of ether oxygens (including phenoxy) is 6. The van der Waals surface area contributed by atoms with E-state index in [1.807, 2.05) is 0 Å². The molecule has 2 rings (SSSR count). The van der Waals surface area contributed by atoms with Gasteiger partial charge in [-0.15, -0.1) is 0 Å². The van der Waals surface area contributed by atoms with Crippen LogP contribution in [0.1, 0.15) is 181 Å². The van der Waals surface area contributed by atoms with Gasteiger partial charge in [-0.2, -0.15) is 0 Å². The van der Waals surface area contributed by atoms with E-state index < -0.39 is 99.3 Å². The van der Waals surface area contributed by atoms with Gasteiger partial charge < -0.3 is 64.2 Å². The highest BCUT2D eigenvalue weighted by molar-refractivity contribution is 5.70. The first-order chi connectivity index (χ1) is 33.0. The molecule has 0 spiro atoms. The van der Waals surface area contributed by atoms with E-state index in [-0.39, 0.29) is 19.4 Å². The number of hydrogen-bond donors (Lipinski definition) is 7. The number of carbonyl (C=O) groups is 2. The predicted molar refractivity (Wildman–Crippen MR) is 261 cm³/mol. The van der Waals surface area contributed by atoms with Crippen LogP contribution >= 0.6 is 0 Å². The largest absolute Gasteiger partial charge is 0.462 e. The number of esters is 2. The van der Waals surface area contributed by atoms with Gasteiger partial charge in [0.25, 0.3) is 0 Å². The molecule has 68 heavy (non-hydrogen) atoms. The maximum atomic E-state index is 13.0. The quantitative estimate of drug-likeness (QED) is 0.0179. The first kappa shape index (κ1) is 61.6. The Bertz CT molecular complexity index is 1370. The van der Waals surface area contributed by atoms with Crippen molar-refractivity contribution in [2.45, 2.75) is 248 Å². The van der Waals surface area contributed by atoms with Gasteiger partial charge in [-0.25, -0.2) is 0 Å². The fourth-order valence-corrected chi connectivity index (χ4v) is 7.92. The second kappa shape index (κ2) is 40.1. The van der Waals surface area contributed by atoms with Crippen molar-refractivity contribution in [1.82, 2.24) is 0 Å². The number of carbonyl (C=O) groups excluding carboxylic acids is 2.